The standard InChI is InChI=1S/C10H12O.3CO.Cr/c1-7-6-8-4-2-3-5-9(8)10(7)11;3*1-2;/h2-5,7,10-11H,6H2,1H3;;;;/t7-,10-;;;;/m0..../s1. The Labute approximate surface area is 117 Å². The minimum atomic E-state index is -0.230. The number of aliphatic hydroxyl groups excluding tert-OH is 1. The van der Waals surface area contributed by atoms with Gasteiger partial charge in [0.1, 0.15) is 0 Å². The summed E-state index contributed by atoms with van der Waals surface area (Å²) >= 11 is 0. The molecule has 1 aromatic rings. The summed E-state index contributed by atoms with van der Waals surface area (Å²) in [6, 6.07) is 8.13. The fourth-order valence-corrected chi connectivity index (χ4v) is 1.77. The Morgan fingerprint density at radius 1 is 1.06 bits per heavy atom. The number of aliphatic hydroxyl groups is 1. The average Bonchev–Trinajstić information content (AvgIpc) is 2.73. The third kappa shape index (κ3) is 6.03. The molecule has 1 aromatic carbocycles. The van der Waals surface area contributed by atoms with Gasteiger partial charge < -0.3 is 5.11 Å². The number of hydrogen-bond acceptors (Lipinski definition) is 1. The summed E-state index contributed by atoms with van der Waals surface area (Å²) in [5.41, 5.74) is 2.44. The van der Waals surface area contributed by atoms with E-state index in [0.29, 0.717) is 5.92 Å². The van der Waals surface area contributed by atoms with Crippen LogP contribution < -0.4 is 0 Å². The number of hydrogen-bond donors (Lipinski definition) is 1. The Balaban J connectivity index is -0.000000285. The molecule has 18 heavy (non-hydrogen) atoms. The summed E-state index contributed by atoms with van der Waals surface area (Å²) < 4.78 is 22.5. The van der Waals surface area contributed by atoms with E-state index in [1.165, 1.54) is 5.56 Å². The topological polar surface area (TPSA) is 79.9 Å². The maximum absolute atomic E-state index is 9.65. The van der Waals surface area contributed by atoms with Crippen molar-refractivity contribution in [3.63, 3.8) is 0 Å². The quantitative estimate of drug-likeness (QED) is 0.572. The zero-order chi connectivity index (χ0) is 13.8. The van der Waals surface area contributed by atoms with Crippen LogP contribution in [0.1, 0.15) is 24.2 Å². The van der Waals surface area contributed by atoms with Gasteiger partial charge in [-0.15, -0.1) is 0 Å². The molecule has 0 aromatic heterocycles. The Hall–Kier alpha value is -1.07. The van der Waals surface area contributed by atoms with Gasteiger partial charge in [-0.05, 0) is 23.5 Å². The van der Waals surface area contributed by atoms with E-state index in [4.69, 9.17) is 14.0 Å². The molecule has 1 N–H and O–H groups in total. The second kappa shape index (κ2) is 14.0. The van der Waals surface area contributed by atoms with E-state index >= 15 is 0 Å². The van der Waals surface area contributed by atoms with Crippen LogP contribution in [-0.4, -0.2) is 5.11 Å². The fraction of sp³-hybridized carbons (Fsp3) is 0.308. The third-order valence-electron chi connectivity index (χ3n) is 2.45. The summed E-state index contributed by atoms with van der Waals surface area (Å²) in [6.07, 6.45) is 0.795. The van der Waals surface area contributed by atoms with Crippen molar-refractivity contribution < 1.29 is 36.4 Å². The van der Waals surface area contributed by atoms with Crippen LogP contribution in [0, 0.1) is 25.9 Å². The zero-order valence-corrected chi connectivity index (χ0v) is 11.0. The minimum Gasteiger partial charge on any atom is 0 e. The second-order valence-corrected chi connectivity index (χ2v) is 3.33. The van der Waals surface area contributed by atoms with Gasteiger partial charge >= 0.3 is 33.9 Å². The van der Waals surface area contributed by atoms with Crippen molar-refractivity contribution in [3.8, 4) is 0 Å². The van der Waals surface area contributed by atoms with Gasteiger partial charge in [0.05, 0.1) is 6.10 Å². The second-order valence-electron chi connectivity index (χ2n) is 3.33. The molecule has 0 amide bonds. The fourth-order valence-electron chi connectivity index (χ4n) is 1.77. The van der Waals surface area contributed by atoms with Crippen molar-refractivity contribution in [2.45, 2.75) is 19.4 Å². The number of fused-ring (bicyclic) bond motifs is 1. The van der Waals surface area contributed by atoms with Crippen LogP contribution in [0.5, 0.6) is 0 Å². The van der Waals surface area contributed by atoms with Crippen LogP contribution in [0.2, 0.25) is 0 Å². The van der Waals surface area contributed by atoms with E-state index in [0.717, 1.165) is 12.0 Å². The molecule has 5 heteroatoms. The van der Waals surface area contributed by atoms with Crippen LogP contribution in [0.3, 0.4) is 0 Å². The van der Waals surface area contributed by atoms with Gasteiger partial charge in [0, 0.05) is 17.4 Å². The molecule has 0 bridgehead atoms. The van der Waals surface area contributed by atoms with E-state index in [1.54, 1.807) is 0 Å². The molecule has 0 heterocycles. The Kier molecular flexibility index (Phi) is 17.2. The summed E-state index contributed by atoms with van der Waals surface area (Å²) in [6.45, 7) is 15.6. The average molecular weight is 284 g/mol. The van der Waals surface area contributed by atoms with Gasteiger partial charge in [-0.2, -0.15) is 0 Å². The molecule has 0 saturated heterocycles. The molecule has 2 rings (SSSR count). The van der Waals surface area contributed by atoms with Gasteiger partial charge in [-0.25, -0.2) is 0 Å². The molecule has 0 fully saturated rings. The van der Waals surface area contributed by atoms with E-state index < -0.39 is 0 Å². The Morgan fingerprint density at radius 2 is 1.50 bits per heavy atom. The first-order valence-electron chi connectivity index (χ1n) is 4.66. The van der Waals surface area contributed by atoms with Crippen molar-refractivity contribution in [2.24, 2.45) is 5.92 Å². The van der Waals surface area contributed by atoms with Crippen molar-refractivity contribution in [1.82, 2.24) is 0 Å². The largest absolute Gasteiger partial charge is 0 e. The number of benzene rings is 1. The first-order valence-corrected chi connectivity index (χ1v) is 4.66. The first kappa shape index (κ1) is 22.1. The smallest absolute Gasteiger partial charge is 0 e. The Morgan fingerprint density at radius 3 is 1.94 bits per heavy atom. The predicted octanol–water partition coefficient (Wildman–Crippen LogP) is 1.80. The molecule has 1 aliphatic carbocycles. The zero-order valence-electron chi connectivity index (χ0n) is 9.75. The molecule has 0 aliphatic heterocycles. The first-order chi connectivity index (χ1) is 8.29. The molecule has 4 nitrogen and oxygen atoms in total. The molecular weight excluding hydrogens is 272 g/mol. The molecule has 2 atom stereocenters. The number of rotatable bonds is 0. The van der Waals surface area contributed by atoms with Gasteiger partial charge in [0.25, 0.3) is 0 Å². The van der Waals surface area contributed by atoms with E-state index in [-0.39, 0.29) is 23.5 Å². The molecule has 0 unspecified atom stereocenters. The van der Waals surface area contributed by atoms with Crippen molar-refractivity contribution in [1.29, 1.82) is 0 Å². The van der Waals surface area contributed by atoms with E-state index in [2.05, 4.69) is 32.9 Å². The normalized spacial score (nSPS) is 17.8. The van der Waals surface area contributed by atoms with Crippen molar-refractivity contribution >= 4 is 0 Å². The molecular formula is C13H12CrO4. The van der Waals surface area contributed by atoms with Crippen LogP contribution in [-0.2, 0) is 37.7 Å². The van der Waals surface area contributed by atoms with Crippen molar-refractivity contribution in [2.75, 3.05) is 0 Å². The van der Waals surface area contributed by atoms with Crippen LogP contribution in [0.4, 0.5) is 0 Å². The summed E-state index contributed by atoms with van der Waals surface area (Å²) in [7, 11) is 0. The Bertz CT molecular complexity index is 370. The summed E-state index contributed by atoms with van der Waals surface area (Å²) in [5, 5.41) is 9.65. The van der Waals surface area contributed by atoms with Crippen LogP contribution >= 0.6 is 0 Å². The third-order valence-corrected chi connectivity index (χ3v) is 2.45. The molecule has 94 valence electrons. The van der Waals surface area contributed by atoms with Gasteiger partial charge in [-0.1, -0.05) is 31.2 Å². The maximum Gasteiger partial charge on any atom is 0 e. The van der Waals surface area contributed by atoms with Crippen LogP contribution in [0.15, 0.2) is 24.3 Å². The molecule has 1 aliphatic rings. The van der Waals surface area contributed by atoms with Gasteiger partial charge in [0.15, 0.2) is 0 Å². The van der Waals surface area contributed by atoms with Crippen LogP contribution in [0.25, 0.3) is 0 Å². The van der Waals surface area contributed by atoms with Gasteiger partial charge in [-0.3, -0.25) is 0 Å². The van der Waals surface area contributed by atoms with Crippen molar-refractivity contribution in [3.05, 3.63) is 55.3 Å². The summed E-state index contributed by atoms with van der Waals surface area (Å²) in [5.74, 6) is 0.396. The summed E-state index contributed by atoms with van der Waals surface area (Å²) in [4.78, 5) is 0. The molecule has 0 radical (unpaired) electrons. The van der Waals surface area contributed by atoms with E-state index in [9.17, 15) is 5.11 Å². The van der Waals surface area contributed by atoms with E-state index in [1.807, 2.05) is 18.2 Å². The maximum atomic E-state index is 9.65. The molecule has 0 saturated carbocycles. The SMILES string of the molecule is C[C@H]1Cc2ccccc2[C@H]1O.[C-]#[O+].[C-]#[O+].[C-]#[O+].[Cr]. The monoisotopic (exact) mass is 284 g/mol. The molecule has 0 spiro atoms. The minimum absolute atomic E-state index is 0. The predicted molar refractivity (Wildman–Crippen MR) is 56.1 cm³/mol. The van der Waals surface area contributed by atoms with Gasteiger partial charge in [0.2, 0.25) is 0 Å².